The third kappa shape index (κ3) is 4.50. The minimum Gasteiger partial charge on any atom is -0.491 e. The van der Waals surface area contributed by atoms with E-state index in [1.165, 1.54) is 26.0 Å². The molecule has 0 spiro atoms. The van der Waals surface area contributed by atoms with E-state index in [4.69, 9.17) is 0 Å². The second-order valence-electron chi connectivity index (χ2n) is 10.3. The summed E-state index contributed by atoms with van der Waals surface area (Å²) < 4.78 is 133. The van der Waals surface area contributed by atoms with Crippen molar-refractivity contribution in [1.29, 1.82) is 0 Å². The van der Waals surface area contributed by atoms with Crippen molar-refractivity contribution in [2.45, 2.75) is 38.9 Å². The Labute approximate surface area is 247 Å². The van der Waals surface area contributed by atoms with Gasteiger partial charge in [-0.05, 0) is 61.1 Å². The first-order valence-electron chi connectivity index (χ1n) is 12.9. The van der Waals surface area contributed by atoms with Crippen LogP contribution in [0.4, 0.5) is 35.1 Å². The molecule has 0 radical (unpaired) electrons. The maximum atomic E-state index is 15.9. The molecule has 0 heterocycles. The molecule has 4 nitrogen and oxygen atoms in total. The molecule has 0 aliphatic heterocycles. The second kappa shape index (κ2) is 11.4. The number of ether oxygens (including phenoxy) is 2. The van der Waals surface area contributed by atoms with Crippen LogP contribution in [-0.4, -0.2) is 24.4 Å². The van der Waals surface area contributed by atoms with Gasteiger partial charge < -0.3 is 19.7 Å². The van der Waals surface area contributed by atoms with Crippen LogP contribution in [0.1, 0.15) is 44.5 Å². The van der Waals surface area contributed by atoms with Gasteiger partial charge in [0.2, 0.25) is 23.3 Å². The summed E-state index contributed by atoms with van der Waals surface area (Å²) in [6.45, 7) is 6.05. The Kier molecular flexibility index (Phi) is 8.49. The van der Waals surface area contributed by atoms with Crippen molar-refractivity contribution in [1.82, 2.24) is 0 Å². The SMILES string of the molecule is COc1c(F)c(F)c(C(O)(c2ccc(C)c(C)c2)C(O)(c2ccc(C)c(C)c2)c2c(F)c(F)c(OC)c(F)c2F)c(F)c1F. The molecule has 44 heavy (non-hydrogen) atoms. The zero-order chi connectivity index (χ0) is 33.0. The molecule has 0 fully saturated rings. The van der Waals surface area contributed by atoms with Gasteiger partial charge in [-0.15, -0.1) is 0 Å². The maximum absolute atomic E-state index is 15.9. The van der Waals surface area contributed by atoms with Crippen molar-refractivity contribution in [2.75, 3.05) is 14.2 Å². The summed E-state index contributed by atoms with van der Waals surface area (Å²) in [6.07, 6.45) is 0. The van der Waals surface area contributed by atoms with Gasteiger partial charge >= 0.3 is 0 Å². The fourth-order valence-electron chi connectivity index (χ4n) is 5.22. The van der Waals surface area contributed by atoms with Gasteiger partial charge in [0.25, 0.3) is 0 Å². The van der Waals surface area contributed by atoms with E-state index in [0.29, 0.717) is 25.3 Å². The Balaban J connectivity index is 2.40. The van der Waals surface area contributed by atoms with Crippen LogP contribution in [0.2, 0.25) is 0 Å². The summed E-state index contributed by atoms with van der Waals surface area (Å²) in [5.41, 5.74) is -11.8. The molecule has 12 heteroatoms. The first-order chi connectivity index (χ1) is 20.5. The largest absolute Gasteiger partial charge is 0.491 e. The topological polar surface area (TPSA) is 58.9 Å². The van der Waals surface area contributed by atoms with Crippen LogP contribution >= 0.6 is 0 Å². The van der Waals surface area contributed by atoms with Crippen LogP contribution in [0.3, 0.4) is 0 Å². The molecule has 0 aliphatic rings. The van der Waals surface area contributed by atoms with Gasteiger partial charge in [0, 0.05) is 0 Å². The average Bonchev–Trinajstić information content (AvgIpc) is 2.98. The van der Waals surface area contributed by atoms with Gasteiger partial charge in [0.05, 0.1) is 25.3 Å². The summed E-state index contributed by atoms with van der Waals surface area (Å²) in [5.74, 6) is -21.2. The molecule has 234 valence electrons. The number of hydrogen-bond donors (Lipinski definition) is 2. The third-order valence-electron chi connectivity index (χ3n) is 7.95. The van der Waals surface area contributed by atoms with Crippen molar-refractivity contribution in [2.24, 2.45) is 0 Å². The Morgan fingerprint density at radius 1 is 0.455 bits per heavy atom. The molecule has 0 aliphatic carbocycles. The highest BCUT2D eigenvalue weighted by Crippen LogP contribution is 2.54. The Hall–Kier alpha value is -4.16. The van der Waals surface area contributed by atoms with Gasteiger partial charge in [0.1, 0.15) is 0 Å². The van der Waals surface area contributed by atoms with Crippen LogP contribution < -0.4 is 9.47 Å². The summed E-state index contributed by atoms with van der Waals surface area (Å²) in [5, 5.41) is 25.1. The van der Waals surface area contributed by atoms with E-state index in [2.05, 4.69) is 9.47 Å². The summed E-state index contributed by atoms with van der Waals surface area (Å²) in [6, 6.07) is 6.49. The number of aliphatic hydroxyl groups is 2. The van der Waals surface area contributed by atoms with Crippen LogP contribution in [0, 0.1) is 74.2 Å². The smallest absolute Gasteiger partial charge is 0.204 e. The summed E-state index contributed by atoms with van der Waals surface area (Å²) >= 11 is 0. The molecule has 0 bridgehead atoms. The molecule has 4 aromatic carbocycles. The molecule has 0 aromatic heterocycles. The molecule has 4 aromatic rings. The molecular formula is C32H26F8O4. The monoisotopic (exact) mass is 626 g/mol. The molecule has 0 amide bonds. The van der Waals surface area contributed by atoms with Crippen molar-refractivity contribution in [3.05, 3.63) is 127 Å². The first-order valence-corrected chi connectivity index (χ1v) is 12.9. The molecule has 0 saturated heterocycles. The number of rotatable bonds is 7. The normalized spacial score (nSPS) is 14.3. The number of hydrogen-bond acceptors (Lipinski definition) is 4. The lowest BCUT2D eigenvalue weighted by atomic mass is 9.65. The van der Waals surface area contributed by atoms with E-state index < -0.39 is 91.5 Å². The highest BCUT2D eigenvalue weighted by molar-refractivity contribution is 5.56. The minimum atomic E-state index is -3.95. The van der Waals surface area contributed by atoms with E-state index in [-0.39, 0.29) is 11.1 Å². The fraction of sp³-hybridized carbons (Fsp3) is 0.250. The Morgan fingerprint density at radius 3 is 0.955 bits per heavy atom. The first kappa shape index (κ1) is 32.7. The van der Waals surface area contributed by atoms with Gasteiger partial charge in [0.15, 0.2) is 46.0 Å². The summed E-state index contributed by atoms with van der Waals surface area (Å²) in [7, 11) is 1.38. The predicted molar refractivity (Wildman–Crippen MR) is 143 cm³/mol. The molecule has 4 rings (SSSR count). The van der Waals surface area contributed by atoms with E-state index in [1.807, 2.05) is 0 Å². The number of methoxy groups -OCH3 is 2. The zero-order valence-corrected chi connectivity index (χ0v) is 24.2. The van der Waals surface area contributed by atoms with Gasteiger partial charge in [-0.1, -0.05) is 36.4 Å². The van der Waals surface area contributed by atoms with Crippen molar-refractivity contribution in [3.63, 3.8) is 0 Å². The maximum Gasteiger partial charge on any atom is 0.204 e. The molecule has 0 saturated carbocycles. The van der Waals surface area contributed by atoms with Crippen LogP contribution in [0.5, 0.6) is 11.5 Å². The van der Waals surface area contributed by atoms with Crippen LogP contribution in [0.15, 0.2) is 36.4 Å². The lowest BCUT2D eigenvalue weighted by Gasteiger charge is -2.45. The van der Waals surface area contributed by atoms with Crippen molar-refractivity contribution < 1.29 is 54.8 Å². The average molecular weight is 627 g/mol. The van der Waals surface area contributed by atoms with Crippen LogP contribution in [0.25, 0.3) is 0 Å². The molecule has 2 N–H and O–H groups in total. The molecule has 2 unspecified atom stereocenters. The highest BCUT2D eigenvalue weighted by atomic mass is 19.2. The van der Waals surface area contributed by atoms with Gasteiger partial charge in [-0.25, -0.2) is 17.6 Å². The minimum absolute atomic E-state index is 0.270. The molecule has 2 atom stereocenters. The van der Waals surface area contributed by atoms with Crippen molar-refractivity contribution in [3.8, 4) is 11.5 Å². The van der Waals surface area contributed by atoms with Gasteiger partial charge in [-0.2, -0.15) is 17.6 Å². The Bertz CT molecular complexity index is 1620. The summed E-state index contributed by atoms with van der Waals surface area (Å²) in [4.78, 5) is 0. The third-order valence-corrected chi connectivity index (χ3v) is 7.95. The lowest BCUT2D eigenvalue weighted by molar-refractivity contribution is -0.121. The lowest BCUT2D eigenvalue weighted by Crippen LogP contribution is -2.53. The number of aryl methyl sites for hydroxylation is 4. The highest BCUT2D eigenvalue weighted by Gasteiger charge is 2.61. The predicted octanol–water partition coefficient (Wildman–Crippen LogP) is 7.22. The van der Waals surface area contributed by atoms with E-state index in [1.54, 1.807) is 13.8 Å². The number of benzene rings is 4. The van der Waals surface area contributed by atoms with E-state index >= 15 is 35.1 Å². The van der Waals surface area contributed by atoms with Crippen molar-refractivity contribution >= 4 is 0 Å². The van der Waals surface area contributed by atoms with Gasteiger partial charge in [-0.3, -0.25) is 0 Å². The standard InChI is InChI=1S/C32H26F8O4/c1-13-7-9-17(11-15(13)3)31(41,19-21(33)25(37)29(43-5)26(38)22(19)34)32(42,18-10-8-14(2)16(4)12-18)20-23(35)27(39)30(44-6)28(40)24(20)36/h7-12,41-42H,1-6H3. The van der Waals surface area contributed by atoms with E-state index in [9.17, 15) is 10.2 Å². The zero-order valence-electron chi connectivity index (χ0n) is 24.2. The quantitative estimate of drug-likeness (QED) is 0.168. The van der Waals surface area contributed by atoms with E-state index in [0.717, 1.165) is 24.3 Å². The number of halogens is 8. The Morgan fingerprint density at radius 2 is 0.727 bits per heavy atom. The molecular weight excluding hydrogens is 600 g/mol. The second-order valence-corrected chi connectivity index (χ2v) is 10.3. The van der Waals surface area contributed by atoms with Crippen LogP contribution in [-0.2, 0) is 11.2 Å². The fourth-order valence-corrected chi connectivity index (χ4v) is 5.22.